The van der Waals surface area contributed by atoms with Crippen LogP contribution in [0.1, 0.15) is 36.8 Å². The van der Waals surface area contributed by atoms with Crippen LogP contribution in [0, 0.1) is 13.8 Å². The van der Waals surface area contributed by atoms with Crippen molar-refractivity contribution in [2.75, 3.05) is 0 Å². The molecule has 0 aliphatic heterocycles. The van der Waals surface area contributed by atoms with Crippen molar-refractivity contribution in [3.63, 3.8) is 0 Å². The summed E-state index contributed by atoms with van der Waals surface area (Å²) in [6.07, 6.45) is 0. The summed E-state index contributed by atoms with van der Waals surface area (Å²) in [6, 6.07) is 0. The van der Waals surface area contributed by atoms with E-state index in [9.17, 15) is 0 Å². The predicted molar refractivity (Wildman–Crippen MR) is 50.9 cm³/mol. The van der Waals surface area contributed by atoms with Crippen molar-refractivity contribution >= 4 is 5.65 Å². The molecule has 0 aromatic carbocycles. The van der Waals surface area contributed by atoms with Gasteiger partial charge in [-0.05, 0) is 13.8 Å². The highest BCUT2D eigenvalue weighted by Crippen LogP contribution is 2.17. The van der Waals surface area contributed by atoms with Gasteiger partial charge < -0.3 is 0 Å². The Kier molecular flexibility index (Phi) is 1.65. The maximum atomic E-state index is 4.14. The van der Waals surface area contributed by atoms with Crippen LogP contribution in [0.4, 0.5) is 0 Å². The number of aromatic nitrogens is 4. The molecule has 1 N–H and O–H groups in total. The van der Waals surface area contributed by atoms with E-state index >= 15 is 0 Å². The van der Waals surface area contributed by atoms with Crippen LogP contribution in [0.5, 0.6) is 0 Å². The van der Waals surface area contributed by atoms with Gasteiger partial charge >= 0.3 is 0 Å². The van der Waals surface area contributed by atoms with E-state index in [2.05, 4.69) is 36.1 Å². The molecule has 0 aliphatic carbocycles. The van der Waals surface area contributed by atoms with Crippen molar-refractivity contribution in [3.8, 4) is 0 Å². The van der Waals surface area contributed by atoms with Crippen molar-refractivity contribution in [3.05, 3.63) is 17.1 Å². The summed E-state index contributed by atoms with van der Waals surface area (Å²) in [5, 5.41) is 11.5. The third-order valence-electron chi connectivity index (χ3n) is 2.38. The fraction of sp³-hybridized carbons (Fsp3) is 0.556. The summed E-state index contributed by atoms with van der Waals surface area (Å²) in [4.78, 5) is 0. The standard InChI is InChI=1S/C9H14N4/c1-5(2)8-10-11-9-6(3)7(4)12-13(8)9/h5,12H,1-4H3. The molecule has 4 nitrogen and oxygen atoms in total. The number of hydrogen-bond donors (Lipinski definition) is 1. The lowest BCUT2D eigenvalue weighted by Gasteiger charge is -1.98. The molecule has 70 valence electrons. The molecular weight excluding hydrogens is 164 g/mol. The second-order valence-electron chi connectivity index (χ2n) is 3.73. The number of fused-ring (bicyclic) bond motifs is 1. The smallest absolute Gasteiger partial charge is 0.180 e. The third kappa shape index (κ3) is 1.05. The summed E-state index contributed by atoms with van der Waals surface area (Å²) in [5.74, 6) is 1.39. The molecule has 0 amide bonds. The Morgan fingerprint density at radius 2 is 1.92 bits per heavy atom. The van der Waals surface area contributed by atoms with Gasteiger partial charge in [0, 0.05) is 17.2 Å². The molecule has 0 saturated carbocycles. The first-order valence-electron chi connectivity index (χ1n) is 4.51. The Balaban J connectivity index is 2.74. The lowest BCUT2D eigenvalue weighted by atomic mass is 10.2. The first kappa shape index (κ1) is 8.29. The van der Waals surface area contributed by atoms with E-state index in [1.165, 1.54) is 5.56 Å². The third-order valence-corrected chi connectivity index (χ3v) is 2.38. The first-order chi connectivity index (χ1) is 6.11. The maximum Gasteiger partial charge on any atom is 0.180 e. The van der Waals surface area contributed by atoms with Gasteiger partial charge in [0.25, 0.3) is 0 Å². The van der Waals surface area contributed by atoms with Gasteiger partial charge in [0.15, 0.2) is 11.5 Å². The molecule has 2 heterocycles. The van der Waals surface area contributed by atoms with E-state index in [-0.39, 0.29) is 0 Å². The van der Waals surface area contributed by atoms with Crippen LogP contribution in [0.25, 0.3) is 5.65 Å². The van der Waals surface area contributed by atoms with Crippen LogP contribution < -0.4 is 0 Å². The van der Waals surface area contributed by atoms with Crippen molar-refractivity contribution in [1.29, 1.82) is 0 Å². The second-order valence-corrected chi connectivity index (χ2v) is 3.73. The Bertz CT molecular complexity index is 436. The van der Waals surface area contributed by atoms with Crippen LogP contribution in [-0.4, -0.2) is 19.8 Å². The predicted octanol–water partition coefficient (Wildman–Crippen LogP) is 1.80. The van der Waals surface area contributed by atoms with E-state index in [0.717, 1.165) is 17.2 Å². The number of aromatic amines is 1. The van der Waals surface area contributed by atoms with E-state index in [1.807, 2.05) is 11.4 Å². The van der Waals surface area contributed by atoms with Gasteiger partial charge in [-0.1, -0.05) is 13.8 Å². The molecule has 0 unspecified atom stereocenters. The normalized spacial score (nSPS) is 11.8. The Morgan fingerprint density at radius 3 is 2.54 bits per heavy atom. The quantitative estimate of drug-likeness (QED) is 0.723. The molecule has 13 heavy (non-hydrogen) atoms. The van der Waals surface area contributed by atoms with Crippen LogP contribution in [-0.2, 0) is 0 Å². The molecule has 0 radical (unpaired) electrons. The molecular formula is C9H14N4. The van der Waals surface area contributed by atoms with Gasteiger partial charge in [-0.3, -0.25) is 5.10 Å². The molecule has 2 rings (SSSR count). The molecule has 0 aliphatic rings. The summed E-state index contributed by atoms with van der Waals surface area (Å²) < 4.78 is 1.97. The van der Waals surface area contributed by atoms with Crippen LogP contribution >= 0.6 is 0 Å². The Labute approximate surface area is 77.0 Å². The monoisotopic (exact) mass is 178 g/mol. The van der Waals surface area contributed by atoms with E-state index < -0.39 is 0 Å². The second kappa shape index (κ2) is 2.58. The van der Waals surface area contributed by atoms with Crippen molar-refractivity contribution < 1.29 is 0 Å². The summed E-state index contributed by atoms with van der Waals surface area (Å²) >= 11 is 0. The SMILES string of the molecule is Cc1[nH]n2c(C(C)C)nnc2c1C. The van der Waals surface area contributed by atoms with Gasteiger partial charge in [-0.25, -0.2) is 4.52 Å². The molecule has 0 bridgehead atoms. The number of nitrogens with one attached hydrogen (secondary N) is 1. The molecule has 2 aromatic heterocycles. The zero-order valence-corrected chi connectivity index (χ0v) is 8.42. The molecule has 0 atom stereocenters. The van der Waals surface area contributed by atoms with E-state index in [1.54, 1.807) is 0 Å². The highest BCUT2D eigenvalue weighted by molar-refractivity contribution is 5.48. The Morgan fingerprint density at radius 1 is 1.23 bits per heavy atom. The van der Waals surface area contributed by atoms with Gasteiger partial charge in [0.2, 0.25) is 0 Å². The molecule has 2 aromatic rings. The number of aryl methyl sites for hydroxylation is 2. The van der Waals surface area contributed by atoms with Gasteiger partial charge in [0.05, 0.1) is 0 Å². The number of hydrogen-bond acceptors (Lipinski definition) is 2. The summed E-state index contributed by atoms with van der Waals surface area (Å²) in [5.41, 5.74) is 3.28. The highest BCUT2D eigenvalue weighted by Gasteiger charge is 2.13. The topological polar surface area (TPSA) is 46.0 Å². The summed E-state index contributed by atoms with van der Waals surface area (Å²) in [7, 11) is 0. The van der Waals surface area contributed by atoms with Crippen LogP contribution in [0.3, 0.4) is 0 Å². The molecule has 0 fully saturated rings. The van der Waals surface area contributed by atoms with Crippen molar-refractivity contribution in [2.45, 2.75) is 33.6 Å². The van der Waals surface area contributed by atoms with Crippen molar-refractivity contribution in [2.24, 2.45) is 0 Å². The van der Waals surface area contributed by atoms with Gasteiger partial charge in [-0.2, -0.15) is 0 Å². The number of nitrogens with zero attached hydrogens (tertiary/aromatic N) is 3. The average molecular weight is 178 g/mol. The fourth-order valence-corrected chi connectivity index (χ4v) is 1.44. The molecule has 0 saturated heterocycles. The lowest BCUT2D eigenvalue weighted by molar-refractivity contribution is 0.721. The van der Waals surface area contributed by atoms with Gasteiger partial charge in [0.1, 0.15) is 0 Å². The van der Waals surface area contributed by atoms with E-state index in [0.29, 0.717) is 5.92 Å². The minimum absolute atomic E-state index is 0.396. The maximum absolute atomic E-state index is 4.14. The lowest BCUT2D eigenvalue weighted by Crippen LogP contribution is -1.97. The zero-order valence-electron chi connectivity index (χ0n) is 8.42. The number of H-pyrrole nitrogens is 1. The Hall–Kier alpha value is -1.32. The van der Waals surface area contributed by atoms with Crippen LogP contribution in [0.15, 0.2) is 0 Å². The van der Waals surface area contributed by atoms with E-state index in [4.69, 9.17) is 0 Å². The van der Waals surface area contributed by atoms with Crippen LogP contribution in [0.2, 0.25) is 0 Å². The first-order valence-corrected chi connectivity index (χ1v) is 4.51. The molecule has 4 heteroatoms. The summed E-state index contributed by atoms with van der Waals surface area (Å²) in [6.45, 7) is 8.33. The minimum atomic E-state index is 0.396. The fourth-order valence-electron chi connectivity index (χ4n) is 1.44. The molecule has 0 spiro atoms. The highest BCUT2D eigenvalue weighted by atomic mass is 15.4. The van der Waals surface area contributed by atoms with Crippen molar-refractivity contribution in [1.82, 2.24) is 19.8 Å². The zero-order chi connectivity index (χ0) is 9.59. The van der Waals surface area contributed by atoms with Gasteiger partial charge in [-0.15, -0.1) is 10.2 Å². The average Bonchev–Trinajstić information content (AvgIpc) is 2.55. The number of rotatable bonds is 1. The minimum Gasteiger partial charge on any atom is -0.295 e. The largest absolute Gasteiger partial charge is 0.295 e.